The van der Waals surface area contributed by atoms with Crippen LogP contribution in [0, 0.1) is 0 Å². The van der Waals surface area contributed by atoms with Crippen molar-refractivity contribution in [2.45, 2.75) is 45.1 Å². The zero-order valence-electron chi connectivity index (χ0n) is 9.06. The number of carbonyl (C=O) groups excluding carboxylic acids is 1. The predicted molar refractivity (Wildman–Crippen MR) is 52.1 cm³/mol. The fourth-order valence-electron chi connectivity index (χ4n) is 0.958. The van der Waals surface area contributed by atoms with Crippen LogP contribution in [0.25, 0.3) is 0 Å². The van der Waals surface area contributed by atoms with Gasteiger partial charge in [0.1, 0.15) is 6.10 Å². The third kappa shape index (κ3) is 6.87. The van der Waals surface area contributed by atoms with Gasteiger partial charge in [-0.25, -0.2) is 0 Å². The van der Waals surface area contributed by atoms with Gasteiger partial charge in [-0.05, 0) is 20.8 Å². The average Bonchev–Trinajstić information content (AvgIpc) is 1.99. The van der Waals surface area contributed by atoms with Crippen LogP contribution in [0.1, 0.15) is 27.2 Å². The largest absolute Gasteiger partial charge is 0.481 e. The molecule has 0 saturated carbocycles. The lowest BCUT2D eigenvalue weighted by Crippen LogP contribution is -2.46. The van der Waals surface area contributed by atoms with Gasteiger partial charge in [0.05, 0.1) is 12.0 Å². The number of carboxylic acids is 1. The Balaban J connectivity index is 4.36. The van der Waals surface area contributed by atoms with Crippen LogP contribution < -0.4 is 5.32 Å². The molecule has 0 bridgehead atoms. The van der Waals surface area contributed by atoms with Crippen LogP contribution in [0.2, 0.25) is 0 Å². The second-order valence-corrected chi connectivity index (χ2v) is 4.10. The van der Waals surface area contributed by atoms with Gasteiger partial charge in [-0.15, -0.1) is 0 Å². The summed E-state index contributed by atoms with van der Waals surface area (Å²) in [5.41, 5.74) is -0.583. The lowest BCUT2D eigenvalue weighted by Gasteiger charge is -2.29. The third-order valence-electron chi connectivity index (χ3n) is 1.45. The van der Waals surface area contributed by atoms with Crippen molar-refractivity contribution in [1.82, 2.24) is 5.32 Å². The number of rotatable bonds is 6. The smallest absolute Gasteiger partial charge is 0.306 e. The molecule has 0 aliphatic heterocycles. The van der Waals surface area contributed by atoms with Gasteiger partial charge < -0.3 is 20.3 Å². The fourth-order valence-corrected chi connectivity index (χ4v) is 0.958. The molecule has 0 heterocycles. The summed E-state index contributed by atoms with van der Waals surface area (Å²) in [4.78, 5) is 20.6. The molecule has 88 valence electrons. The van der Waals surface area contributed by atoms with Crippen LogP contribution in [0.4, 0.5) is 0 Å². The van der Waals surface area contributed by atoms with E-state index in [1.807, 2.05) is 0 Å². The highest BCUT2D eigenvalue weighted by atomic mass is 16.5. The Morgan fingerprint density at radius 3 is 2.40 bits per heavy atom. The van der Waals surface area contributed by atoms with E-state index >= 15 is 0 Å². The number of aliphatic hydroxyl groups is 1. The maximum absolute atomic E-state index is 10.4. The molecule has 0 rings (SSSR count). The molecule has 3 N–H and O–H groups in total. The molecule has 0 aromatic carbocycles. The molecular formula is C9H17NO5. The molecule has 15 heavy (non-hydrogen) atoms. The average molecular weight is 219 g/mol. The van der Waals surface area contributed by atoms with Gasteiger partial charge in [0, 0.05) is 0 Å². The van der Waals surface area contributed by atoms with Gasteiger partial charge in [0.25, 0.3) is 0 Å². The van der Waals surface area contributed by atoms with E-state index in [1.54, 1.807) is 20.8 Å². The fraction of sp³-hybridized carbons (Fsp3) is 0.778. The first-order chi connectivity index (χ1) is 6.76. The van der Waals surface area contributed by atoms with Crippen molar-refractivity contribution in [1.29, 1.82) is 0 Å². The molecule has 2 unspecified atom stereocenters. The predicted octanol–water partition coefficient (Wildman–Crippen LogP) is -0.291. The first kappa shape index (κ1) is 13.9. The first-order valence-corrected chi connectivity index (χ1v) is 4.53. The number of carboxylic acid groups (broad SMARTS) is 1. The van der Waals surface area contributed by atoms with Crippen LogP contribution >= 0.6 is 0 Å². The lowest BCUT2D eigenvalue weighted by atomic mass is 10.1. The summed E-state index contributed by atoms with van der Waals surface area (Å²) >= 11 is 0. The van der Waals surface area contributed by atoms with Crippen LogP contribution in [-0.4, -0.2) is 40.5 Å². The summed E-state index contributed by atoms with van der Waals surface area (Å²) in [6.45, 7) is 5.21. The molecule has 0 radical (unpaired) electrons. The molecule has 0 aromatic rings. The van der Waals surface area contributed by atoms with Gasteiger partial charge in [-0.2, -0.15) is 0 Å². The topological polar surface area (TPSA) is 95.9 Å². The second-order valence-electron chi connectivity index (χ2n) is 4.10. The SMILES string of the molecule is CC(C)(C)OC(NC=O)C(O)CC(=O)O. The molecule has 0 aliphatic carbocycles. The zero-order valence-corrected chi connectivity index (χ0v) is 9.06. The number of hydrogen-bond donors (Lipinski definition) is 3. The standard InChI is InChI=1S/C9H17NO5/c1-9(2,3)15-8(10-5-11)6(12)4-7(13)14/h5-6,8,12H,4H2,1-3H3,(H,10,11)(H,13,14). The van der Waals surface area contributed by atoms with E-state index in [0.29, 0.717) is 6.41 Å². The van der Waals surface area contributed by atoms with E-state index in [2.05, 4.69) is 5.32 Å². The van der Waals surface area contributed by atoms with Crippen molar-refractivity contribution in [2.24, 2.45) is 0 Å². The number of ether oxygens (including phenoxy) is 1. The Kier molecular flexibility index (Phi) is 5.24. The maximum atomic E-state index is 10.4. The van der Waals surface area contributed by atoms with Gasteiger partial charge >= 0.3 is 5.97 Å². The molecule has 1 amide bonds. The molecule has 0 aliphatic rings. The number of aliphatic carboxylic acids is 1. The van der Waals surface area contributed by atoms with E-state index < -0.39 is 30.3 Å². The summed E-state index contributed by atoms with van der Waals surface area (Å²) in [7, 11) is 0. The molecule has 0 spiro atoms. The minimum Gasteiger partial charge on any atom is -0.481 e. The highest BCUT2D eigenvalue weighted by molar-refractivity contribution is 5.67. The number of hydrogen-bond acceptors (Lipinski definition) is 4. The van der Waals surface area contributed by atoms with Crippen molar-refractivity contribution >= 4 is 12.4 Å². The monoisotopic (exact) mass is 219 g/mol. The van der Waals surface area contributed by atoms with E-state index in [4.69, 9.17) is 9.84 Å². The van der Waals surface area contributed by atoms with E-state index in [9.17, 15) is 14.7 Å². The van der Waals surface area contributed by atoms with Gasteiger partial charge in [0.2, 0.25) is 6.41 Å². The third-order valence-corrected chi connectivity index (χ3v) is 1.45. The summed E-state index contributed by atoms with van der Waals surface area (Å²) < 4.78 is 5.29. The highest BCUT2D eigenvalue weighted by Gasteiger charge is 2.26. The minimum absolute atomic E-state index is 0.363. The molecule has 0 aromatic heterocycles. The minimum atomic E-state index is -1.27. The first-order valence-electron chi connectivity index (χ1n) is 4.53. The van der Waals surface area contributed by atoms with E-state index in [1.165, 1.54) is 0 Å². The van der Waals surface area contributed by atoms with Gasteiger partial charge in [-0.3, -0.25) is 9.59 Å². The van der Waals surface area contributed by atoms with E-state index in [0.717, 1.165) is 0 Å². The number of aliphatic hydroxyl groups excluding tert-OH is 1. The molecule has 0 fully saturated rings. The molecule has 6 nitrogen and oxygen atoms in total. The molecule has 2 atom stereocenters. The van der Waals surface area contributed by atoms with Gasteiger partial charge in [-0.1, -0.05) is 0 Å². The number of nitrogens with one attached hydrogen (secondary N) is 1. The summed E-state index contributed by atoms with van der Waals surface area (Å²) in [6.07, 6.45) is -2.41. The van der Waals surface area contributed by atoms with Crippen molar-refractivity contribution in [3.8, 4) is 0 Å². The Labute approximate surface area is 88.2 Å². The van der Waals surface area contributed by atoms with Crippen LogP contribution in [0.15, 0.2) is 0 Å². The van der Waals surface area contributed by atoms with Crippen LogP contribution in [0.3, 0.4) is 0 Å². The highest BCUT2D eigenvalue weighted by Crippen LogP contribution is 2.12. The summed E-state index contributed by atoms with van der Waals surface area (Å²) in [6, 6.07) is 0. The molecular weight excluding hydrogens is 202 g/mol. The lowest BCUT2D eigenvalue weighted by molar-refractivity contribution is -0.153. The number of amides is 1. The zero-order chi connectivity index (χ0) is 12.1. The number of carbonyl (C=O) groups is 2. The van der Waals surface area contributed by atoms with Crippen molar-refractivity contribution in [3.05, 3.63) is 0 Å². The Morgan fingerprint density at radius 1 is 1.53 bits per heavy atom. The second kappa shape index (κ2) is 5.67. The summed E-state index contributed by atoms with van der Waals surface area (Å²) in [5, 5.41) is 20.1. The Bertz CT molecular complexity index is 223. The Morgan fingerprint density at radius 2 is 2.07 bits per heavy atom. The molecule has 6 heteroatoms. The van der Waals surface area contributed by atoms with Crippen molar-refractivity contribution in [3.63, 3.8) is 0 Å². The van der Waals surface area contributed by atoms with Crippen molar-refractivity contribution < 1.29 is 24.5 Å². The van der Waals surface area contributed by atoms with Crippen LogP contribution in [-0.2, 0) is 14.3 Å². The quantitative estimate of drug-likeness (QED) is 0.421. The molecule has 0 saturated heterocycles. The maximum Gasteiger partial charge on any atom is 0.306 e. The Hall–Kier alpha value is -1.14. The normalized spacial score (nSPS) is 15.5. The van der Waals surface area contributed by atoms with E-state index in [-0.39, 0.29) is 0 Å². The van der Waals surface area contributed by atoms with Crippen LogP contribution in [0.5, 0.6) is 0 Å². The summed E-state index contributed by atoms with van der Waals surface area (Å²) in [5.74, 6) is -1.15. The van der Waals surface area contributed by atoms with Crippen molar-refractivity contribution in [2.75, 3.05) is 0 Å². The van der Waals surface area contributed by atoms with Gasteiger partial charge in [0.15, 0.2) is 6.23 Å².